The molecule has 1 heterocycles. The second kappa shape index (κ2) is 5.48. The topological polar surface area (TPSA) is 82.4 Å². The van der Waals surface area contributed by atoms with Gasteiger partial charge in [0.2, 0.25) is 5.75 Å². The third-order valence-corrected chi connectivity index (χ3v) is 3.58. The molecule has 3 N–H and O–H groups in total. The summed E-state index contributed by atoms with van der Waals surface area (Å²) in [6.07, 6.45) is 0. The molecule has 0 aliphatic carbocycles. The molecule has 0 aliphatic heterocycles. The Bertz CT molecular complexity index is 827. The summed E-state index contributed by atoms with van der Waals surface area (Å²) >= 11 is 0. The van der Waals surface area contributed by atoms with Gasteiger partial charge < -0.3 is 19.9 Å². The minimum absolute atomic E-state index is 0.521. The van der Waals surface area contributed by atoms with Gasteiger partial charge in [-0.1, -0.05) is 6.07 Å². The van der Waals surface area contributed by atoms with Gasteiger partial charge in [0.15, 0.2) is 11.5 Å². The van der Waals surface area contributed by atoms with Gasteiger partial charge in [-0.15, -0.1) is 0 Å². The molecule has 0 saturated carbocycles. The molecule has 0 amide bonds. The van der Waals surface area contributed by atoms with Gasteiger partial charge in [-0.3, -0.25) is 5.10 Å². The molecule has 0 spiro atoms. The number of hydrogen-bond acceptors (Lipinski definition) is 5. The lowest BCUT2D eigenvalue weighted by Crippen LogP contribution is -1.97. The Morgan fingerprint density at radius 2 is 1.73 bits per heavy atom. The third kappa shape index (κ3) is 2.00. The number of rotatable bonds is 4. The van der Waals surface area contributed by atoms with Crippen LogP contribution < -0.4 is 19.9 Å². The van der Waals surface area contributed by atoms with Crippen LogP contribution in [0.5, 0.6) is 17.2 Å². The fourth-order valence-electron chi connectivity index (χ4n) is 2.58. The molecule has 2 aromatic carbocycles. The molecule has 0 saturated heterocycles. The summed E-state index contributed by atoms with van der Waals surface area (Å²) in [5.41, 5.74) is 9.11. The lowest BCUT2D eigenvalue weighted by molar-refractivity contribution is 0.325. The quantitative estimate of drug-likeness (QED) is 0.724. The standard InChI is InChI=1S/C16H17N3O3/c1-20-12-8-7-9(15(21-2)16(12)22-3)14-13-10(17)5-4-6-11(13)18-19-14/h4-8H,17H2,1-3H3,(H,18,19). The molecule has 0 fully saturated rings. The molecule has 3 aromatic rings. The molecule has 0 unspecified atom stereocenters. The summed E-state index contributed by atoms with van der Waals surface area (Å²) in [6.45, 7) is 0. The number of H-pyrrole nitrogens is 1. The normalized spacial score (nSPS) is 10.7. The van der Waals surface area contributed by atoms with E-state index < -0.39 is 0 Å². The maximum absolute atomic E-state index is 6.10. The second-order valence-electron chi connectivity index (χ2n) is 4.72. The summed E-state index contributed by atoms with van der Waals surface area (Å²) in [7, 11) is 4.74. The van der Waals surface area contributed by atoms with Gasteiger partial charge in [0, 0.05) is 11.3 Å². The first-order chi connectivity index (χ1) is 10.7. The van der Waals surface area contributed by atoms with Crippen molar-refractivity contribution in [1.82, 2.24) is 10.2 Å². The van der Waals surface area contributed by atoms with Crippen LogP contribution in [0.25, 0.3) is 22.2 Å². The van der Waals surface area contributed by atoms with Crippen LogP contribution in [0.4, 0.5) is 5.69 Å². The fraction of sp³-hybridized carbons (Fsp3) is 0.188. The van der Waals surface area contributed by atoms with Crippen LogP contribution in [0.1, 0.15) is 0 Å². The zero-order valence-corrected chi connectivity index (χ0v) is 12.6. The van der Waals surface area contributed by atoms with Crippen molar-refractivity contribution in [2.24, 2.45) is 0 Å². The van der Waals surface area contributed by atoms with Crippen molar-refractivity contribution in [2.75, 3.05) is 27.1 Å². The Morgan fingerprint density at radius 1 is 0.955 bits per heavy atom. The number of hydrogen-bond donors (Lipinski definition) is 2. The first-order valence-corrected chi connectivity index (χ1v) is 6.73. The number of ether oxygens (including phenoxy) is 3. The van der Waals surface area contributed by atoms with Gasteiger partial charge in [0.1, 0.15) is 5.69 Å². The van der Waals surface area contributed by atoms with Crippen LogP contribution in [0, 0.1) is 0 Å². The predicted molar refractivity (Wildman–Crippen MR) is 85.6 cm³/mol. The Labute approximate surface area is 127 Å². The number of methoxy groups -OCH3 is 3. The summed E-state index contributed by atoms with van der Waals surface area (Å²) in [5.74, 6) is 1.67. The maximum atomic E-state index is 6.10. The summed E-state index contributed by atoms with van der Waals surface area (Å²) < 4.78 is 16.2. The largest absolute Gasteiger partial charge is 0.493 e. The molecule has 3 rings (SSSR count). The average Bonchev–Trinajstić information content (AvgIpc) is 2.98. The van der Waals surface area contributed by atoms with E-state index in [4.69, 9.17) is 19.9 Å². The zero-order valence-electron chi connectivity index (χ0n) is 12.6. The van der Waals surface area contributed by atoms with Gasteiger partial charge >= 0.3 is 0 Å². The Balaban J connectivity index is 2.31. The van der Waals surface area contributed by atoms with Crippen molar-refractivity contribution in [1.29, 1.82) is 0 Å². The minimum atomic E-state index is 0.521. The molecular weight excluding hydrogens is 282 g/mol. The summed E-state index contributed by atoms with van der Waals surface area (Å²) in [4.78, 5) is 0. The molecule has 114 valence electrons. The maximum Gasteiger partial charge on any atom is 0.203 e. The number of benzene rings is 2. The van der Waals surface area contributed by atoms with E-state index in [-0.39, 0.29) is 0 Å². The van der Waals surface area contributed by atoms with E-state index in [9.17, 15) is 0 Å². The first-order valence-electron chi connectivity index (χ1n) is 6.73. The molecule has 22 heavy (non-hydrogen) atoms. The molecule has 6 nitrogen and oxygen atoms in total. The Hall–Kier alpha value is -2.89. The molecule has 0 aliphatic rings. The molecule has 0 bridgehead atoms. The molecular formula is C16H17N3O3. The SMILES string of the molecule is COc1ccc(-c2n[nH]c3cccc(N)c23)c(OC)c1OC. The van der Waals surface area contributed by atoms with Crippen molar-refractivity contribution >= 4 is 16.6 Å². The summed E-state index contributed by atoms with van der Waals surface area (Å²) in [5, 5.41) is 8.23. The number of nitrogens with zero attached hydrogens (tertiary/aromatic N) is 1. The highest BCUT2D eigenvalue weighted by Gasteiger charge is 2.21. The molecule has 0 radical (unpaired) electrons. The Morgan fingerprint density at radius 3 is 2.41 bits per heavy atom. The minimum Gasteiger partial charge on any atom is -0.493 e. The number of anilines is 1. The van der Waals surface area contributed by atoms with E-state index in [0.717, 1.165) is 16.5 Å². The zero-order chi connectivity index (χ0) is 15.7. The van der Waals surface area contributed by atoms with Gasteiger partial charge in [-0.2, -0.15) is 5.10 Å². The molecule has 6 heteroatoms. The van der Waals surface area contributed by atoms with Crippen LogP contribution in [0.15, 0.2) is 30.3 Å². The third-order valence-electron chi connectivity index (χ3n) is 3.58. The van der Waals surface area contributed by atoms with E-state index in [1.807, 2.05) is 30.3 Å². The number of fused-ring (bicyclic) bond motifs is 1. The van der Waals surface area contributed by atoms with Gasteiger partial charge in [-0.25, -0.2) is 0 Å². The van der Waals surface area contributed by atoms with Gasteiger partial charge in [0.05, 0.1) is 32.2 Å². The summed E-state index contributed by atoms with van der Waals surface area (Å²) in [6, 6.07) is 9.34. The number of nitrogens with two attached hydrogens (primary N) is 1. The number of nitrogen functional groups attached to an aromatic ring is 1. The second-order valence-corrected chi connectivity index (χ2v) is 4.72. The predicted octanol–water partition coefficient (Wildman–Crippen LogP) is 2.84. The fourth-order valence-corrected chi connectivity index (χ4v) is 2.58. The first kappa shape index (κ1) is 14.1. The van der Waals surface area contributed by atoms with Crippen molar-refractivity contribution in [3.8, 4) is 28.5 Å². The van der Waals surface area contributed by atoms with E-state index in [1.54, 1.807) is 21.3 Å². The van der Waals surface area contributed by atoms with E-state index in [0.29, 0.717) is 28.6 Å². The van der Waals surface area contributed by atoms with Crippen LogP contribution in [-0.4, -0.2) is 31.5 Å². The van der Waals surface area contributed by atoms with Crippen molar-refractivity contribution in [3.05, 3.63) is 30.3 Å². The van der Waals surface area contributed by atoms with Crippen LogP contribution >= 0.6 is 0 Å². The van der Waals surface area contributed by atoms with Crippen LogP contribution in [-0.2, 0) is 0 Å². The van der Waals surface area contributed by atoms with E-state index >= 15 is 0 Å². The highest BCUT2D eigenvalue weighted by Crippen LogP contribution is 2.45. The van der Waals surface area contributed by atoms with Crippen molar-refractivity contribution in [2.45, 2.75) is 0 Å². The monoisotopic (exact) mass is 299 g/mol. The van der Waals surface area contributed by atoms with Crippen molar-refractivity contribution < 1.29 is 14.2 Å². The highest BCUT2D eigenvalue weighted by atomic mass is 16.5. The number of aromatic nitrogens is 2. The van der Waals surface area contributed by atoms with Gasteiger partial charge in [0.25, 0.3) is 0 Å². The number of nitrogens with one attached hydrogen (secondary N) is 1. The lowest BCUT2D eigenvalue weighted by atomic mass is 10.0. The van der Waals surface area contributed by atoms with Crippen LogP contribution in [0.2, 0.25) is 0 Å². The van der Waals surface area contributed by atoms with E-state index in [2.05, 4.69) is 10.2 Å². The van der Waals surface area contributed by atoms with E-state index in [1.165, 1.54) is 0 Å². The smallest absolute Gasteiger partial charge is 0.203 e. The lowest BCUT2D eigenvalue weighted by Gasteiger charge is -2.15. The molecule has 0 atom stereocenters. The van der Waals surface area contributed by atoms with Crippen molar-refractivity contribution in [3.63, 3.8) is 0 Å². The molecule has 1 aromatic heterocycles. The highest BCUT2D eigenvalue weighted by molar-refractivity contribution is 6.02. The average molecular weight is 299 g/mol. The Kier molecular flexibility index (Phi) is 3.50. The number of aromatic amines is 1. The van der Waals surface area contributed by atoms with Gasteiger partial charge in [-0.05, 0) is 24.3 Å². The van der Waals surface area contributed by atoms with Crippen LogP contribution in [0.3, 0.4) is 0 Å².